The van der Waals surface area contributed by atoms with Gasteiger partial charge in [-0.15, -0.1) is 0 Å². The SMILES string of the molecule is O=C(NO)c1cnc(N2CCC3(CCN(Cc4ccc5ccccc5n4)C3)CC2)nc1. The molecule has 2 aliphatic heterocycles. The van der Waals surface area contributed by atoms with Crippen molar-refractivity contribution in [3.63, 3.8) is 0 Å². The molecule has 2 saturated heterocycles. The van der Waals surface area contributed by atoms with Crippen LogP contribution in [0.4, 0.5) is 5.95 Å². The summed E-state index contributed by atoms with van der Waals surface area (Å²) in [4.78, 5) is 29.6. The van der Waals surface area contributed by atoms with E-state index in [9.17, 15) is 4.79 Å². The van der Waals surface area contributed by atoms with Crippen LogP contribution in [0.15, 0.2) is 48.8 Å². The lowest BCUT2D eigenvalue weighted by molar-refractivity contribution is 0.0705. The van der Waals surface area contributed by atoms with Gasteiger partial charge in [-0.2, -0.15) is 0 Å². The summed E-state index contributed by atoms with van der Waals surface area (Å²) in [6.45, 7) is 4.93. The first-order valence-electron chi connectivity index (χ1n) is 10.7. The summed E-state index contributed by atoms with van der Waals surface area (Å²) in [5.74, 6) is 0.0376. The monoisotopic (exact) mass is 418 g/mol. The first-order valence-corrected chi connectivity index (χ1v) is 10.7. The van der Waals surface area contributed by atoms with Crippen molar-refractivity contribution in [3.8, 4) is 0 Å². The Morgan fingerprint density at radius 2 is 1.77 bits per heavy atom. The van der Waals surface area contributed by atoms with Gasteiger partial charge in [0.05, 0.1) is 16.8 Å². The minimum Gasteiger partial charge on any atom is -0.341 e. The van der Waals surface area contributed by atoms with Crippen molar-refractivity contribution in [1.82, 2.24) is 25.3 Å². The molecule has 0 bridgehead atoms. The largest absolute Gasteiger partial charge is 0.341 e. The molecule has 0 atom stereocenters. The van der Waals surface area contributed by atoms with Crippen LogP contribution in [0.2, 0.25) is 0 Å². The molecule has 0 radical (unpaired) electrons. The summed E-state index contributed by atoms with van der Waals surface area (Å²) in [7, 11) is 0. The molecular weight excluding hydrogens is 392 g/mol. The molecule has 5 rings (SSSR count). The molecule has 0 aliphatic carbocycles. The molecule has 2 aromatic heterocycles. The van der Waals surface area contributed by atoms with E-state index in [4.69, 9.17) is 10.2 Å². The van der Waals surface area contributed by atoms with Crippen molar-refractivity contribution in [2.45, 2.75) is 25.8 Å². The van der Waals surface area contributed by atoms with Gasteiger partial charge in [-0.05, 0) is 43.4 Å². The van der Waals surface area contributed by atoms with Crippen LogP contribution in [0.25, 0.3) is 10.9 Å². The molecule has 2 N–H and O–H groups in total. The summed E-state index contributed by atoms with van der Waals surface area (Å²) >= 11 is 0. The highest BCUT2D eigenvalue weighted by Crippen LogP contribution is 2.41. The number of rotatable bonds is 4. The number of nitrogens with zero attached hydrogens (tertiary/aromatic N) is 5. The molecule has 4 heterocycles. The van der Waals surface area contributed by atoms with Gasteiger partial charge in [0.1, 0.15) is 0 Å². The summed E-state index contributed by atoms with van der Waals surface area (Å²) in [5, 5.41) is 9.90. The van der Waals surface area contributed by atoms with E-state index in [1.54, 1.807) is 5.48 Å². The van der Waals surface area contributed by atoms with Crippen molar-refractivity contribution < 1.29 is 10.0 Å². The lowest BCUT2D eigenvalue weighted by atomic mass is 9.78. The van der Waals surface area contributed by atoms with Crippen LogP contribution in [-0.2, 0) is 6.54 Å². The summed E-state index contributed by atoms with van der Waals surface area (Å²) in [5.41, 5.74) is 4.39. The lowest BCUT2D eigenvalue weighted by Crippen LogP contribution is -2.42. The number of hydroxylamine groups is 1. The molecule has 2 aliphatic rings. The zero-order chi connectivity index (χ0) is 21.3. The second-order valence-electron chi connectivity index (χ2n) is 8.66. The van der Waals surface area contributed by atoms with Gasteiger partial charge in [0.2, 0.25) is 5.95 Å². The molecule has 8 heteroatoms. The highest BCUT2D eigenvalue weighted by atomic mass is 16.5. The highest BCUT2D eigenvalue weighted by molar-refractivity contribution is 5.92. The van der Waals surface area contributed by atoms with Crippen molar-refractivity contribution in [3.05, 3.63) is 60.0 Å². The predicted molar refractivity (Wildman–Crippen MR) is 117 cm³/mol. The van der Waals surface area contributed by atoms with Crippen molar-refractivity contribution in [2.24, 2.45) is 5.41 Å². The third-order valence-corrected chi connectivity index (χ3v) is 6.67. The van der Waals surface area contributed by atoms with Crippen LogP contribution < -0.4 is 10.4 Å². The Bertz CT molecular complexity index is 1080. The lowest BCUT2D eigenvalue weighted by Gasteiger charge is -2.39. The van der Waals surface area contributed by atoms with E-state index < -0.39 is 5.91 Å². The number of hydrogen-bond donors (Lipinski definition) is 2. The number of amides is 1. The number of anilines is 1. The molecule has 3 aromatic rings. The first kappa shape index (κ1) is 19.8. The van der Waals surface area contributed by atoms with Gasteiger partial charge in [-0.1, -0.05) is 24.3 Å². The summed E-state index contributed by atoms with van der Waals surface area (Å²) in [6, 6.07) is 12.6. The Kier molecular flexibility index (Phi) is 5.25. The minimum atomic E-state index is -0.601. The Morgan fingerprint density at radius 1 is 1.03 bits per heavy atom. The van der Waals surface area contributed by atoms with Crippen LogP contribution in [0.3, 0.4) is 0 Å². The predicted octanol–water partition coefficient (Wildman–Crippen LogP) is 2.64. The number of para-hydroxylation sites is 1. The molecule has 0 saturated carbocycles. The van der Waals surface area contributed by atoms with E-state index in [0.717, 1.165) is 56.8 Å². The Balaban J connectivity index is 1.18. The Hall–Kier alpha value is -3.10. The second kappa shape index (κ2) is 8.20. The average molecular weight is 419 g/mol. The highest BCUT2D eigenvalue weighted by Gasteiger charge is 2.40. The number of hydrogen-bond acceptors (Lipinski definition) is 7. The Morgan fingerprint density at radius 3 is 2.55 bits per heavy atom. The van der Waals surface area contributed by atoms with E-state index >= 15 is 0 Å². The molecule has 0 unspecified atom stereocenters. The number of piperidine rings is 1. The normalized spacial score (nSPS) is 18.5. The van der Waals surface area contributed by atoms with Crippen molar-refractivity contribution in [2.75, 3.05) is 31.1 Å². The van der Waals surface area contributed by atoms with Gasteiger partial charge < -0.3 is 4.90 Å². The molecule has 31 heavy (non-hydrogen) atoms. The number of likely N-dealkylation sites (tertiary alicyclic amines) is 1. The standard InChI is InChI=1S/C23H26N6O2/c30-21(27-31)18-13-24-22(25-14-18)29-11-8-23(9-12-29)7-10-28(16-23)15-19-6-5-17-3-1-2-4-20(17)26-19/h1-6,13-14,31H,7-12,15-16H2,(H,27,30). The van der Waals surface area contributed by atoms with Crippen LogP contribution in [0.5, 0.6) is 0 Å². The quantitative estimate of drug-likeness (QED) is 0.497. The summed E-state index contributed by atoms with van der Waals surface area (Å²) in [6.07, 6.45) is 6.33. The number of fused-ring (bicyclic) bond motifs is 1. The fourth-order valence-corrected chi connectivity index (χ4v) is 4.84. The van der Waals surface area contributed by atoms with Gasteiger partial charge >= 0.3 is 0 Å². The van der Waals surface area contributed by atoms with Crippen LogP contribution in [-0.4, -0.2) is 57.1 Å². The minimum absolute atomic E-state index is 0.244. The van der Waals surface area contributed by atoms with Gasteiger partial charge in [0.15, 0.2) is 0 Å². The number of benzene rings is 1. The van der Waals surface area contributed by atoms with Crippen LogP contribution >= 0.6 is 0 Å². The smallest absolute Gasteiger partial charge is 0.277 e. The second-order valence-corrected chi connectivity index (χ2v) is 8.66. The number of pyridine rings is 1. The van der Waals surface area contributed by atoms with Gasteiger partial charge in [0, 0.05) is 44.0 Å². The van der Waals surface area contributed by atoms with Crippen LogP contribution in [0, 0.1) is 5.41 Å². The third kappa shape index (κ3) is 4.08. The van der Waals surface area contributed by atoms with Gasteiger partial charge in [-0.25, -0.2) is 15.4 Å². The number of carbonyl (C=O) groups excluding carboxylic acids is 1. The van der Waals surface area contributed by atoms with E-state index in [2.05, 4.69) is 44.0 Å². The zero-order valence-corrected chi connectivity index (χ0v) is 17.4. The third-order valence-electron chi connectivity index (χ3n) is 6.67. The van der Waals surface area contributed by atoms with E-state index in [1.807, 2.05) is 12.1 Å². The number of nitrogens with one attached hydrogen (secondary N) is 1. The molecule has 1 aromatic carbocycles. The fraction of sp³-hybridized carbons (Fsp3) is 0.391. The van der Waals surface area contributed by atoms with Crippen LogP contribution in [0.1, 0.15) is 35.3 Å². The molecule has 2 fully saturated rings. The molecule has 1 amide bonds. The van der Waals surface area contributed by atoms with Crippen molar-refractivity contribution >= 4 is 22.8 Å². The van der Waals surface area contributed by atoms with E-state index in [-0.39, 0.29) is 5.56 Å². The van der Waals surface area contributed by atoms with Crippen molar-refractivity contribution in [1.29, 1.82) is 0 Å². The number of aromatic nitrogens is 3. The molecule has 1 spiro atoms. The molecule has 8 nitrogen and oxygen atoms in total. The van der Waals surface area contributed by atoms with Gasteiger partial charge in [0.25, 0.3) is 5.91 Å². The van der Waals surface area contributed by atoms with E-state index in [1.165, 1.54) is 24.2 Å². The maximum absolute atomic E-state index is 11.4. The Labute approximate surface area is 180 Å². The maximum Gasteiger partial charge on any atom is 0.277 e. The fourth-order valence-electron chi connectivity index (χ4n) is 4.84. The molecule has 160 valence electrons. The maximum atomic E-state index is 11.4. The zero-order valence-electron chi connectivity index (χ0n) is 17.4. The summed E-state index contributed by atoms with van der Waals surface area (Å²) < 4.78 is 0. The topological polar surface area (TPSA) is 94.5 Å². The average Bonchev–Trinajstić information content (AvgIpc) is 3.20. The first-order chi connectivity index (χ1) is 15.1. The number of carbonyl (C=O) groups is 1. The van der Waals surface area contributed by atoms with E-state index in [0.29, 0.717) is 11.4 Å². The van der Waals surface area contributed by atoms with Gasteiger partial charge in [-0.3, -0.25) is 19.9 Å². The molecular formula is C23H26N6O2.